The number of aromatic nitrogens is 3. The molecule has 3 aromatic rings. The van der Waals surface area contributed by atoms with Crippen molar-refractivity contribution < 1.29 is 4.74 Å². The standard InChI is InChI=1S/C18H21N3O.2C2H6/c1-11(2)15-8-9-21(20-15)17-10-12(3)14-6-7-16(22-5)13(4)18(14)19-17;2*1-2/h6-11H,1-5H3;2*1-2H3. The maximum atomic E-state index is 5.41. The molecule has 0 atom stereocenters. The lowest BCUT2D eigenvalue weighted by molar-refractivity contribution is 0.412. The van der Waals surface area contributed by atoms with Gasteiger partial charge in [-0.1, -0.05) is 41.5 Å². The molecule has 2 heterocycles. The van der Waals surface area contributed by atoms with E-state index in [2.05, 4.69) is 38.0 Å². The summed E-state index contributed by atoms with van der Waals surface area (Å²) in [5, 5.41) is 5.77. The lowest BCUT2D eigenvalue weighted by Gasteiger charge is -2.11. The number of benzene rings is 1. The topological polar surface area (TPSA) is 39.9 Å². The number of hydrogen-bond acceptors (Lipinski definition) is 3. The van der Waals surface area contributed by atoms with Crippen molar-refractivity contribution in [2.45, 2.75) is 61.3 Å². The quantitative estimate of drug-likeness (QED) is 0.560. The molecule has 0 amide bonds. The van der Waals surface area contributed by atoms with E-state index in [1.807, 2.05) is 57.6 Å². The molecule has 1 aromatic carbocycles. The molecule has 3 rings (SSSR count). The fourth-order valence-electron chi connectivity index (χ4n) is 2.67. The number of ether oxygens (including phenoxy) is 1. The van der Waals surface area contributed by atoms with Crippen LogP contribution in [0.5, 0.6) is 5.75 Å². The van der Waals surface area contributed by atoms with Gasteiger partial charge in [0.2, 0.25) is 0 Å². The van der Waals surface area contributed by atoms with E-state index in [1.54, 1.807) is 7.11 Å². The maximum absolute atomic E-state index is 5.41. The number of aryl methyl sites for hydroxylation is 2. The Morgan fingerprint density at radius 1 is 1.00 bits per heavy atom. The number of nitrogens with zero attached hydrogens (tertiary/aromatic N) is 3. The van der Waals surface area contributed by atoms with Crippen LogP contribution in [-0.2, 0) is 0 Å². The molecule has 0 unspecified atom stereocenters. The monoisotopic (exact) mass is 355 g/mol. The Balaban J connectivity index is 0.000000791. The highest BCUT2D eigenvalue weighted by Crippen LogP contribution is 2.29. The van der Waals surface area contributed by atoms with Gasteiger partial charge in [0.15, 0.2) is 5.82 Å². The second-order valence-corrected chi connectivity index (χ2v) is 5.93. The molecule has 26 heavy (non-hydrogen) atoms. The predicted molar refractivity (Wildman–Crippen MR) is 112 cm³/mol. The highest BCUT2D eigenvalue weighted by Gasteiger charge is 2.11. The Bertz CT molecular complexity index is 835. The first kappa shape index (κ1) is 21.7. The zero-order valence-corrected chi connectivity index (χ0v) is 17.7. The van der Waals surface area contributed by atoms with Crippen molar-refractivity contribution in [2.75, 3.05) is 7.11 Å². The SMILES string of the molecule is CC.CC.COc1ccc2c(C)cc(-n3ccc(C(C)C)n3)nc2c1C. The summed E-state index contributed by atoms with van der Waals surface area (Å²) in [6.07, 6.45) is 1.97. The Morgan fingerprint density at radius 2 is 1.65 bits per heavy atom. The summed E-state index contributed by atoms with van der Waals surface area (Å²) < 4.78 is 7.26. The molecule has 0 aliphatic rings. The van der Waals surface area contributed by atoms with Gasteiger partial charge < -0.3 is 4.74 Å². The summed E-state index contributed by atoms with van der Waals surface area (Å²) in [5.74, 6) is 2.11. The molecule has 0 bridgehead atoms. The smallest absolute Gasteiger partial charge is 0.154 e. The van der Waals surface area contributed by atoms with Gasteiger partial charge in [0.25, 0.3) is 0 Å². The summed E-state index contributed by atoms with van der Waals surface area (Å²) in [5.41, 5.74) is 4.28. The first-order chi connectivity index (χ1) is 12.5. The van der Waals surface area contributed by atoms with Crippen LogP contribution in [0.1, 0.15) is 64.3 Å². The normalized spacial score (nSPS) is 10.1. The van der Waals surface area contributed by atoms with Crippen molar-refractivity contribution in [3.05, 3.63) is 47.3 Å². The number of fused-ring (bicyclic) bond motifs is 1. The molecule has 4 heteroatoms. The molecule has 0 spiro atoms. The van der Waals surface area contributed by atoms with Crippen LogP contribution < -0.4 is 4.74 Å². The minimum Gasteiger partial charge on any atom is -0.496 e. The summed E-state index contributed by atoms with van der Waals surface area (Å²) in [4.78, 5) is 4.81. The van der Waals surface area contributed by atoms with Gasteiger partial charge in [-0.25, -0.2) is 9.67 Å². The van der Waals surface area contributed by atoms with Crippen LogP contribution in [0.15, 0.2) is 30.5 Å². The van der Waals surface area contributed by atoms with Gasteiger partial charge >= 0.3 is 0 Å². The van der Waals surface area contributed by atoms with Crippen LogP contribution in [0.4, 0.5) is 0 Å². The zero-order chi connectivity index (χ0) is 19.9. The Hall–Kier alpha value is -2.36. The molecule has 2 aromatic heterocycles. The average Bonchev–Trinajstić information content (AvgIpc) is 3.16. The number of pyridine rings is 1. The van der Waals surface area contributed by atoms with Crippen LogP contribution in [0, 0.1) is 13.8 Å². The van der Waals surface area contributed by atoms with Crippen LogP contribution >= 0.6 is 0 Å². The largest absolute Gasteiger partial charge is 0.496 e. The van der Waals surface area contributed by atoms with E-state index >= 15 is 0 Å². The van der Waals surface area contributed by atoms with Crippen LogP contribution in [0.3, 0.4) is 0 Å². The van der Waals surface area contributed by atoms with Crippen molar-refractivity contribution in [3.63, 3.8) is 0 Å². The van der Waals surface area contributed by atoms with Gasteiger partial charge in [-0.15, -0.1) is 0 Å². The number of methoxy groups -OCH3 is 1. The first-order valence-corrected chi connectivity index (χ1v) is 9.52. The summed E-state index contributed by atoms with van der Waals surface area (Å²) in [6, 6.07) is 8.18. The highest BCUT2D eigenvalue weighted by atomic mass is 16.5. The molecule has 0 saturated carbocycles. The molecule has 0 radical (unpaired) electrons. The Morgan fingerprint density at radius 3 is 2.19 bits per heavy atom. The van der Waals surface area contributed by atoms with Crippen LogP contribution in [0.25, 0.3) is 16.7 Å². The second-order valence-electron chi connectivity index (χ2n) is 5.93. The van der Waals surface area contributed by atoms with Crippen molar-refractivity contribution >= 4 is 10.9 Å². The summed E-state index contributed by atoms with van der Waals surface area (Å²) in [6.45, 7) is 16.4. The molecule has 0 aliphatic heterocycles. The molecule has 142 valence electrons. The lowest BCUT2D eigenvalue weighted by atomic mass is 10.1. The second kappa shape index (κ2) is 9.95. The summed E-state index contributed by atoms with van der Waals surface area (Å²) in [7, 11) is 1.69. The van der Waals surface area contributed by atoms with Gasteiger partial charge in [0.05, 0.1) is 18.3 Å². The lowest BCUT2D eigenvalue weighted by Crippen LogP contribution is -2.02. The number of rotatable bonds is 3. The van der Waals surface area contributed by atoms with E-state index in [4.69, 9.17) is 9.72 Å². The van der Waals surface area contributed by atoms with E-state index in [9.17, 15) is 0 Å². The molecule has 4 nitrogen and oxygen atoms in total. The highest BCUT2D eigenvalue weighted by molar-refractivity contribution is 5.87. The fourth-order valence-corrected chi connectivity index (χ4v) is 2.67. The van der Waals surface area contributed by atoms with E-state index in [0.29, 0.717) is 5.92 Å². The third-order valence-corrected chi connectivity index (χ3v) is 4.03. The van der Waals surface area contributed by atoms with Gasteiger partial charge in [-0.2, -0.15) is 5.10 Å². The molecule has 0 N–H and O–H groups in total. The minimum absolute atomic E-state index is 0.407. The van der Waals surface area contributed by atoms with Crippen LogP contribution in [-0.4, -0.2) is 21.9 Å². The fraction of sp³-hybridized carbons (Fsp3) is 0.455. The molecule has 0 saturated heterocycles. The Kier molecular flexibility index (Phi) is 8.30. The van der Waals surface area contributed by atoms with Gasteiger partial charge in [0.1, 0.15) is 5.75 Å². The van der Waals surface area contributed by atoms with Crippen molar-refractivity contribution in [1.82, 2.24) is 14.8 Å². The molecule has 0 fully saturated rings. The van der Waals surface area contributed by atoms with Crippen molar-refractivity contribution in [1.29, 1.82) is 0 Å². The van der Waals surface area contributed by atoms with Crippen molar-refractivity contribution in [2.24, 2.45) is 0 Å². The van der Waals surface area contributed by atoms with E-state index in [1.165, 1.54) is 5.56 Å². The van der Waals surface area contributed by atoms with Gasteiger partial charge in [0, 0.05) is 17.1 Å². The molecule has 0 aliphatic carbocycles. The van der Waals surface area contributed by atoms with E-state index < -0.39 is 0 Å². The number of hydrogen-bond donors (Lipinski definition) is 0. The third-order valence-electron chi connectivity index (χ3n) is 4.03. The first-order valence-electron chi connectivity index (χ1n) is 9.52. The maximum Gasteiger partial charge on any atom is 0.154 e. The van der Waals surface area contributed by atoms with Gasteiger partial charge in [-0.3, -0.25) is 0 Å². The Labute approximate surface area is 158 Å². The molecular weight excluding hydrogens is 322 g/mol. The molecular formula is C22H33N3O. The third kappa shape index (κ3) is 4.43. The zero-order valence-electron chi connectivity index (χ0n) is 17.7. The predicted octanol–water partition coefficient (Wildman–Crippen LogP) is 6.22. The van der Waals surface area contributed by atoms with Crippen LogP contribution in [0.2, 0.25) is 0 Å². The average molecular weight is 356 g/mol. The van der Waals surface area contributed by atoms with Crippen molar-refractivity contribution in [3.8, 4) is 11.6 Å². The minimum atomic E-state index is 0.407. The van der Waals surface area contributed by atoms with E-state index in [0.717, 1.165) is 33.7 Å². The van der Waals surface area contributed by atoms with E-state index in [-0.39, 0.29) is 0 Å². The van der Waals surface area contributed by atoms with Gasteiger partial charge in [-0.05, 0) is 49.6 Å². The summed E-state index contributed by atoms with van der Waals surface area (Å²) >= 11 is 0.